The van der Waals surface area contributed by atoms with Gasteiger partial charge in [-0.05, 0) is 12.2 Å². The number of anilines is 1. The molecule has 96 valence electrons. The number of hydrogen-bond donors (Lipinski definition) is 1. The van der Waals surface area contributed by atoms with E-state index in [0.29, 0.717) is 10.8 Å². The fourth-order valence-electron chi connectivity index (χ4n) is 1.04. The van der Waals surface area contributed by atoms with Crippen LogP contribution in [0, 0.1) is 0 Å². The van der Waals surface area contributed by atoms with Crippen molar-refractivity contribution in [3.8, 4) is 5.75 Å². The lowest BCUT2D eigenvalue weighted by Gasteiger charge is -2.08. The molecule has 1 aromatic heterocycles. The van der Waals surface area contributed by atoms with Crippen LogP contribution >= 0.6 is 11.8 Å². The van der Waals surface area contributed by atoms with E-state index < -0.39 is 10.0 Å². The van der Waals surface area contributed by atoms with Crippen molar-refractivity contribution in [3.05, 3.63) is 6.07 Å². The third kappa shape index (κ3) is 4.78. The van der Waals surface area contributed by atoms with Crippen molar-refractivity contribution >= 4 is 27.6 Å². The summed E-state index contributed by atoms with van der Waals surface area (Å²) in [6.45, 7) is 2.07. The van der Waals surface area contributed by atoms with Gasteiger partial charge < -0.3 is 4.74 Å². The summed E-state index contributed by atoms with van der Waals surface area (Å²) in [7, 11) is -1.92. The molecule has 17 heavy (non-hydrogen) atoms. The fourth-order valence-corrected chi connectivity index (χ4v) is 2.23. The van der Waals surface area contributed by atoms with E-state index in [1.165, 1.54) is 7.11 Å². The molecule has 0 aliphatic rings. The van der Waals surface area contributed by atoms with E-state index in [-0.39, 0.29) is 5.82 Å². The molecule has 0 aromatic carbocycles. The molecule has 0 fully saturated rings. The summed E-state index contributed by atoms with van der Waals surface area (Å²) in [6.07, 6.45) is 2.08. The Kier molecular flexibility index (Phi) is 5.01. The first-order valence-electron chi connectivity index (χ1n) is 4.98. The SMILES string of the molecule is CCCSc1cc(OC)c(NS(C)(=O)=O)nn1. The molecule has 0 amide bonds. The highest BCUT2D eigenvalue weighted by atomic mass is 32.2. The van der Waals surface area contributed by atoms with Crippen LogP contribution in [0.15, 0.2) is 11.1 Å². The Morgan fingerprint density at radius 1 is 1.47 bits per heavy atom. The molecule has 1 heterocycles. The molecule has 6 nitrogen and oxygen atoms in total. The van der Waals surface area contributed by atoms with Gasteiger partial charge in [0.2, 0.25) is 15.8 Å². The van der Waals surface area contributed by atoms with Gasteiger partial charge in [0, 0.05) is 6.07 Å². The summed E-state index contributed by atoms with van der Waals surface area (Å²) in [5.74, 6) is 1.40. The van der Waals surface area contributed by atoms with Crippen molar-refractivity contribution in [2.75, 3.05) is 23.8 Å². The highest BCUT2D eigenvalue weighted by molar-refractivity contribution is 7.99. The van der Waals surface area contributed by atoms with Crippen molar-refractivity contribution < 1.29 is 13.2 Å². The lowest BCUT2D eigenvalue weighted by atomic mass is 10.5. The topological polar surface area (TPSA) is 81.2 Å². The van der Waals surface area contributed by atoms with Crippen LogP contribution in [-0.4, -0.2) is 37.7 Å². The molecule has 1 aromatic rings. The molecule has 0 bridgehead atoms. The van der Waals surface area contributed by atoms with Crippen LogP contribution in [0.4, 0.5) is 5.82 Å². The summed E-state index contributed by atoms with van der Waals surface area (Å²) >= 11 is 1.55. The highest BCUT2D eigenvalue weighted by Crippen LogP contribution is 2.26. The first-order chi connectivity index (χ1) is 7.96. The van der Waals surface area contributed by atoms with E-state index >= 15 is 0 Å². The Morgan fingerprint density at radius 3 is 2.71 bits per heavy atom. The van der Waals surface area contributed by atoms with Crippen LogP contribution in [0.3, 0.4) is 0 Å². The number of sulfonamides is 1. The second kappa shape index (κ2) is 6.06. The largest absolute Gasteiger partial charge is 0.493 e. The Balaban J connectivity index is 2.93. The number of ether oxygens (including phenoxy) is 1. The Labute approximate surface area is 105 Å². The number of thioether (sulfide) groups is 1. The zero-order valence-electron chi connectivity index (χ0n) is 9.93. The second-order valence-electron chi connectivity index (χ2n) is 3.32. The number of aromatic nitrogens is 2. The first kappa shape index (κ1) is 14.0. The van der Waals surface area contributed by atoms with E-state index in [2.05, 4.69) is 21.8 Å². The van der Waals surface area contributed by atoms with Crippen LogP contribution in [-0.2, 0) is 10.0 Å². The molecule has 8 heteroatoms. The van der Waals surface area contributed by atoms with Gasteiger partial charge in [-0.15, -0.1) is 22.0 Å². The number of nitrogens with one attached hydrogen (secondary N) is 1. The average molecular weight is 277 g/mol. The lowest BCUT2D eigenvalue weighted by molar-refractivity contribution is 0.412. The highest BCUT2D eigenvalue weighted by Gasteiger charge is 2.11. The molecule has 1 rings (SSSR count). The van der Waals surface area contributed by atoms with E-state index in [1.54, 1.807) is 17.8 Å². The quantitative estimate of drug-likeness (QED) is 0.791. The normalized spacial score (nSPS) is 11.2. The summed E-state index contributed by atoms with van der Waals surface area (Å²) < 4.78 is 29.5. The fraction of sp³-hybridized carbons (Fsp3) is 0.556. The van der Waals surface area contributed by atoms with E-state index in [1.807, 2.05) is 0 Å². The first-order valence-corrected chi connectivity index (χ1v) is 7.86. The standard InChI is InChI=1S/C9H15N3O3S2/c1-4-5-16-8-6-7(15-2)9(11-10-8)12-17(3,13)14/h6H,4-5H2,1-3H3,(H,11,12). The summed E-state index contributed by atoms with van der Waals surface area (Å²) in [5, 5.41) is 8.43. The smallest absolute Gasteiger partial charge is 0.231 e. The zero-order chi connectivity index (χ0) is 12.9. The molecule has 1 N–H and O–H groups in total. The molecule has 0 saturated heterocycles. The molecule has 0 saturated carbocycles. The van der Waals surface area contributed by atoms with Gasteiger partial charge in [-0.1, -0.05) is 6.92 Å². The molecule has 0 atom stereocenters. The number of nitrogens with zero attached hydrogens (tertiary/aromatic N) is 2. The van der Waals surface area contributed by atoms with E-state index in [0.717, 1.165) is 18.4 Å². The number of rotatable bonds is 6. The van der Waals surface area contributed by atoms with E-state index in [9.17, 15) is 8.42 Å². The molecular weight excluding hydrogens is 262 g/mol. The number of methoxy groups -OCH3 is 1. The molecular formula is C9H15N3O3S2. The minimum Gasteiger partial charge on any atom is -0.493 e. The van der Waals surface area contributed by atoms with Crippen molar-refractivity contribution in [2.45, 2.75) is 18.4 Å². The van der Waals surface area contributed by atoms with Crippen molar-refractivity contribution in [3.63, 3.8) is 0 Å². The Hall–Kier alpha value is -1.02. The maximum absolute atomic E-state index is 11.1. The van der Waals surface area contributed by atoms with Gasteiger partial charge in [0.05, 0.1) is 13.4 Å². The molecule has 0 spiro atoms. The van der Waals surface area contributed by atoms with Crippen molar-refractivity contribution in [1.82, 2.24) is 10.2 Å². The van der Waals surface area contributed by atoms with Gasteiger partial charge in [0.15, 0.2) is 5.75 Å². The van der Waals surface area contributed by atoms with Gasteiger partial charge in [-0.2, -0.15) is 0 Å². The summed E-state index contributed by atoms with van der Waals surface area (Å²) in [6, 6.07) is 1.67. The van der Waals surface area contributed by atoms with Gasteiger partial charge in [-0.3, -0.25) is 4.72 Å². The van der Waals surface area contributed by atoms with Crippen molar-refractivity contribution in [1.29, 1.82) is 0 Å². The third-order valence-corrected chi connectivity index (χ3v) is 3.36. The number of hydrogen-bond acceptors (Lipinski definition) is 6. The van der Waals surface area contributed by atoms with Crippen LogP contribution in [0.1, 0.15) is 13.3 Å². The predicted octanol–water partition coefficient (Wildman–Crippen LogP) is 1.36. The molecule has 0 aliphatic heterocycles. The Bertz CT molecular complexity index is 476. The monoisotopic (exact) mass is 277 g/mol. The zero-order valence-corrected chi connectivity index (χ0v) is 11.6. The van der Waals surface area contributed by atoms with E-state index in [4.69, 9.17) is 4.74 Å². The second-order valence-corrected chi connectivity index (χ2v) is 6.19. The van der Waals surface area contributed by atoms with Crippen LogP contribution in [0.25, 0.3) is 0 Å². The molecule has 0 aliphatic carbocycles. The summed E-state index contributed by atoms with van der Waals surface area (Å²) in [4.78, 5) is 0. The average Bonchev–Trinajstić information content (AvgIpc) is 2.25. The van der Waals surface area contributed by atoms with Gasteiger partial charge in [0.1, 0.15) is 5.03 Å². The van der Waals surface area contributed by atoms with Crippen LogP contribution < -0.4 is 9.46 Å². The minimum absolute atomic E-state index is 0.107. The maximum Gasteiger partial charge on any atom is 0.231 e. The lowest BCUT2D eigenvalue weighted by Crippen LogP contribution is -2.12. The van der Waals surface area contributed by atoms with Crippen LogP contribution in [0.5, 0.6) is 5.75 Å². The molecule has 0 radical (unpaired) electrons. The predicted molar refractivity (Wildman–Crippen MR) is 68.1 cm³/mol. The summed E-state index contributed by atoms with van der Waals surface area (Å²) in [5.41, 5.74) is 0. The van der Waals surface area contributed by atoms with Gasteiger partial charge in [-0.25, -0.2) is 8.42 Å². The van der Waals surface area contributed by atoms with Gasteiger partial charge >= 0.3 is 0 Å². The maximum atomic E-state index is 11.1. The molecule has 0 unspecified atom stereocenters. The van der Waals surface area contributed by atoms with Crippen molar-refractivity contribution in [2.24, 2.45) is 0 Å². The van der Waals surface area contributed by atoms with Gasteiger partial charge in [0.25, 0.3) is 0 Å². The van der Waals surface area contributed by atoms with Crippen LogP contribution in [0.2, 0.25) is 0 Å². The Morgan fingerprint density at radius 2 is 2.18 bits per heavy atom. The third-order valence-electron chi connectivity index (χ3n) is 1.69. The minimum atomic E-state index is -3.38.